The van der Waals surface area contributed by atoms with Gasteiger partial charge in [-0.15, -0.1) is 0 Å². The Morgan fingerprint density at radius 2 is 1.50 bits per heavy atom. The van der Waals surface area contributed by atoms with E-state index in [1.807, 2.05) is 50.3 Å². The fourth-order valence-electron chi connectivity index (χ4n) is 3.05. The number of aromatic hydroxyl groups is 1. The Morgan fingerprint density at radius 3 is 2.14 bits per heavy atom. The third-order valence-electron chi connectivity index (χ3n) is 4.63. The van der Waals surface area contributed by atoms with Crippen molar-refractivity contribution in [2.75, 3.05) is 7.11 Å². The summed E-state index contributed by atoms with van der Waals surface area (Å²) in [5.41, 5.74) is 6.44. The molecule has 0 aliphatic carbocycles. The molecular formula is C26H26O2. The summed E-state index contributed by atoms with van der Waals surface area (Å²) in [5, 5.41) is 10.4. The topological polar surface area (TPSA) is 29.5 Å². The number of allylic oxidation sites excluding steroid dienone is 2. The number of hydrogen-bond donors (Lipinski definition) is 1. The molecule has 3 rings (SSSR count). The number of benzene rings is 3. The molecule has 0 aliphatic rings. The molecule has 0 saturated heterocycles. The molecule has 3 aromatic carbocycles. The number of phenolic OH excluding ortho intramolecular Hbond substituents is 1. The quantitative estimate of drug-likeness (QED) is 0.384. The summed E-state index contributed by atoms with van der Waals surface area (Å²) in [4.78, 5) is 0. The Labute approximate surface area is 167 Å². The highest BCUT2D eigenvalue weighted by Crippen LogP contribution is 2.31. The summed E-state index contributed by atoms with van der Waals surface area (Å²) in [6.07, 6.45) is 6.77. The lowest BCUT2D eigenvalue weighted by Crippen LogP contribution is -1.93. The average Bonchev–Trinajstić information content (AvgIpc) is 2.72. The zero-order valence-electron chi connectivity index (χ0n) is 16.6. The highest BCUT2D eigenvalue weighted by atomic mass is 16.5. The number of hydrogen-bond acceptors (Lipinski definition) is 2. The van der Waals surface area contributed by atoms with Crippen molar-refractivity contribution in [3.8, 4) is 22.6 Å². The molecule has 0 bridgehead atoms. The van der Waals surface area contributed by atoms with Gasteiger partial charge in [0.15, 0.2) is 0 Å². The van der Waals surface area contributed by atoms with Crippen molar-refractivity contribution in [2.24, 2.45) is 0 Å². The smallest absolute Gasteiger partial charge is 0.126 e. The lowest BCUT2D eigenvalue weighted by Gasteiger charge is -2.11. The van der Waals surface area contributed by atoms with Gasteiger partial charge in [0, 0.05) is 5.56 Å². The molecule has 0 saturated carbocycles. The molecule has 0 aromatic heterocycles. The Hall–Kier alpha value is -3.26. The van der Waals surface area contributed by atoms with Gasteiger partial charge in [-0.1, -0.05) is 78.4 Å². The first kappa shape index (κ1) is 19.5. The molecule has 0 atom stereocenters. The Bertz CT molecular complexity index is 977. The van der Waals surface area contributed by atoms with Crippen molar-refractivity contribution in [3.05, 3.63) is 95.1 Å². The van der Waals surface area contributed by atoms with Gasteiger partial charge in [-0.3, -0.25) is 0 Å². The standard InChI is InChI=1S/C26H26O2/c1-19(2)9-16-24-25(27)17-21(18-26(24)28-3)11-10-20-12-14-23(15-13-20)22-7-5-4-6-8-22/h4-15,17-18,27H,16H2,1-3H3/b11-10-. The van der Waals surface area contributed by atoms with E-state index in [0.717, 1.165) is 16.7 Å². The molecular weight excluding hydrogens is 344 g/mol. The van der Waals surface area contributed by atoms with E-state index in [9.17, 15) is 5.11 Å². The lowest BCUT2D eigenvalue weighted by atomic mass is 10.0. The first-order valence-corrected chi connectivity index (χ1v) is 9.43. The van der Waals surface area contributed by atoms with Gasteiger partial charge in [-0.2, -0.15) is 0 Å². The summed E-state index contributed by atoms with van der Waals surface area (Å²) < 4.78 is 5.49. The molecule has 142 valence electrons. The van der Waals surface area contributed by atoms with Crippen molar-refractivity contribution in [1.29, 1.82) is 0 Å². The monoisotopic (exact) mass is 370 g/mol. The molecule has 28 heavy (non-hydrogen) atoms. The van der Waals surface area contributed by atoms with Crippen LogP contribution in [0.4, 0.5) is 0 Å². The summed E-state index contributed by atoms with van der Waals surface area (Å²) in [6, 6.07) is 22.5. The number of phenols is 1. The summed E-state index contributed by atoms with van der Waals surface area (Å²) in [5.74, 6) is 0.965. The second-order valence-electron chi connectivity index (χ2n) is 7.03. The van der Waals surface area contributed by atoms with E-state index < -0.39 is 0 Å². The molecule has 0 unspecified atom stereocenters. The van der Waals surface area contributed by atoms with Crippen LogP contribution in [0.2, 0.25) is 0 Å². The Kier molecular flexibility index (Phi) is 6.33. The molecule has 3 aromatic rings. The third-order valence-corrected chi connectivity index (χ3v) is 4.63. The minimum absolute atomic E-state index is 0.260. The van der Waals surface area contributed by atoms with Gasteiger partial charge in [-0.05, 0) is 54.7 Å². The van der Waals surface area contributed by atoms with E-state index in [4.69, 9.17) is 4.74 Å². The Balaban J connectivity index is 1.80. The third kappa shape index (κ3) is 4.92. The van der Waals surface area contributed by atoms with Crippen molar-refractivity contribution < 1.29 is 9.84 Å². The van der Waals surface area contributed by atoms with Crippen LogP contribution >= 0.6 is 0 Å². The first-order chi connectivity index (χ1) is 13.6. The number of ether oxygens (including phenoxy) is 1. The van der Waals surface area contributed by atoms with E-state index in [0.29, 0.717) is 12.2 Å². The molecule has 2 nitrogen and oxygen atoms in total. The van der Waals surface area contributed by atoms with Crippen LogP contribution in [0.15, 0.2) is 78.4 Å². The van der Waals surface area contributed by atoms with Crippen LogP contribution in [0, 0.1) is 0 Å². The van der Waals surface area contributed by atoms with Crippen LogP contribution in [-0.2, 0) is 6.42 Å². The van der Waals surface area contributed by atoms with Crippen molar-refractivity contribution in [2.45, 2.75) is 20.3 Å². The van der Waals surface area contributed by atoms with Gasteiger partial charge >= 0.3 is 0 Å². The van der Waals surface area contributed by atoms with Crippen LogP contribution in [-0.4, -0.2) is 12.2 Å². The normalized spacial score (nSPS) is 10.8. The van der Waals surface area contributed by atoms with E-state index >= 15 is 0 Å². The molecule has 0 aliphatic heterocycles. The molecule has 0 radical (unpaired) electrons. The predicted molar refractivity (Wildman–Crippen MR) is 119 cm³/mol. The minimum Gasteiger partial charge on any atom is -0.507 e. The Morgan fingerprint density at radius 1 is 0.857 bits per heavy atom. The second-order valence-corrected chi connectivity index (χ2v) is 7.03. The van der Waals surface area contributed by atoms with Gasteiger partial charge in [0.25, 0.3) is 0 Å². The lowest BCUT2D eigenvalue weighted by molar-refractivity contribution is 0.401. The van der Waals surface area contributed by atoms with Crippen LogP contribution in [0.5, 0.6) is 11.5 Å². The SMILES string of the molecule is COc1cc(/C=C\c2ccc(-c3ccccc3)cc2)cc(O)c1CC=C(C)C. The van der Waals surface area contributed by atoms with Gasteiger partial charge < -0.3 is 9.84 Å². The average molecular weight is 370 g/mol. The van der Waals surface area contributed by atoms with Crippen molar-refractivity contribution in [3.63, 3.8) is 0 Å². The zero-order valence-corrected chi connectivity index (χ0v) is 16.6. The minimum atomic E-state index is 0.260. The van der Waals surface area contributed by atoms with E-state index in [-0.39, 0.29) is 5.75 Å². The molecule has 2 heteroatoms. The van der Waals surface area contributed by atoms with E-state index in [1.54, 1.807) is 13.2 Å². The maximum Gasteiger partial charge on any atom is 0.126 e. The van der Waals surface area contributed by atoms with Crippen LogP contribution in [0.25, 0.3) is 23.3 Å². The molecule has 0 fully saturated rings. The van der Waals surface area contributed by atoms with Gasteiger partial charge in [-0.25, -0.2) is 0 Å². The highest BCUT2D eigenvalue weighted by Gasteiger charge is 2.09. The first-order valence-electron chi connectivity index (χ1n) is 9.43. The maximum absolute atomic E-state index is 10.4. The number of rotatable bonds is 6. The van der Waals surface area contributed by atoms with E-state index in [2.05, 4.69) is 42.5 Å². The van der Waals surface area contributed by atoms with Gasteiger partial charge in [0.2, 0.25) is 0 Å². The summed E-state index contributed by atoms with van der Waals surface area (Å²) in [6.45, 7) is 4.09. The predicted octanol–water partition coefficient (Wildman–Crippen LogP) is 6.75. The molecule has 0 amide bonds. The zero-order chi connectivity index (χ0) is 19.9. The van der Waals surface area contributed by atoms with Gasteiger partial charge in [0.05, 0.1) is 7.11 Å². The fourth-order valence-corrected chi connectivity index (χ4v) is 3.05. The number of methoxy groups -OCH3 is 1. The maximum atomic E-state index is 10.4. The largest absolute Gasteiger partial charge is 0.507 e. The van der Waals surface area contributed by atoms with Crippen LogP contribution in [0.1, 0.15) is 30.5 Å². The molecule has 0 heterocycles. The molecule has 1 N–H and O–H groups in total. The second kappa shape index (κ2) is 9.09. The fraction of sp³-hybridized carbons (Fsp3) is 0.154. The highest BCUT2D eigenvalue weighted by molar-refractivity contribution is 5.73. The van der Waals surface area contributed by atoms with Crippen LogP contribution in [0.3, 0.4) is 0 Å². The molecule has 0 spiro atoms. The van der Waals surface area contributed by atoms with E-state index in [1.165, 1.54) is 16.7 Å². The summed E-state index contributed by atoms with van der Waals surface area (Å²) in [7, 11) is 1.64. The summed E-state index contributed by atoms with van der Waals surface area (Å²) >= 11 is 0. The van der Waals surface area contributed by atoms with Gasteiger partial charge in [0.1, 0.15) is 11.5 Å². The van der Waals surface area contributed by atoms with Crippen molar-refractivity contribution in [1.82, 2.24) is 0 Å². The van der Waals surface area contributed by atoms with Crippen LogP contribution < -0.4 is 4.74 Å². The van der Waals surface area contributed by atoms with Crippen molar-refractivity contribution >= 4 is 12.2 Å².